The smallest absolute Gasteiger partial charge is 0.188 e. The van der Waals surface area contributed by atoms with Crippen LogP contribution in [0.3, 0.4) is 0 Å². The Morgan fingerprint density at radius 2 is 2.00 bits per heavy atom. The molecule has 3 N–H and O–H groups in total. The summed E-state index contributed by atoms with van der Waals surface area (Å²) in [5, 5.41) is 5.35. The van der Waals surface area contributed by atoms with Crippen molar-refractivity contribution in [2.45, 2.75) is 32.2 Å². The first-order valence-electron chi connectivity index (χ1n) is 9.09. The molecule has 1 aliphatic rings. The summed E-state index contributed by atoms with van der Waals surface area (Å²) >= 11 is 1.78. The summed E-state index contributed by atoms with van der Waals surface area (Å²) in [7, 11) is 0. The fourth-order valence-electron chi connectivity index (χ4n) is 3.28. The summed E-state index contributed by atoms with van der Waals surface area (Å²) in [5.74, 6) is 0.549. The van der Waals surface area contributed by atoms with Crippen LogP contribution in [-0.2, 0) is 6.42 Å². The fourth-order valence-corrected chi connectivity index (χ4v) is 3.99. The highest BCUT2D eigenvalue weighted by molar-refractivity contribution is 7.09. The van der Waals surface area contributed by atoms with Crippen LogP contribution < -0.4 is 11.1 Å². The van der Waals surface area contributed by atoms with Crippen LogP contribution in [0.2, 0.25) is 0 Å². The molecule has 134 valence electrons. The Kier molecular flexibility index (Phi) is 6.48. The van der Waals surface area contributed by atoms with Gasteiger partial charge >= 0.3 is 0 Å². The van der Waals surface area contributed by atoms with Crippen molar-refractivity contribution in [3.63, 3.8) is 0 Å². The lowest BCUT2D eigenvalue weighted by atomic mass is 10.0. The van der Waals surface area contributed by atoms with E-state index in [0.29, 0.717) is 18.5 Å². The molecule has 1 saturated heterocycles. The second kappa shape index (κ2) is 9.02. The number of guanidine groups is 1. The van der Waals surface area contributed by atoms with Crippen LogP contribution in [0.1, 0.15) is 34.9 Å². The highest BCUT2D eigenvalue weighted by Crippen LogP contribution is 2.25. The minimum absolute atomic E-state index is 0.320. The maximum atomic E-state index is 6.09. The Morgan fingerprint density at radius 1 is 1.24 bits per heavy atom. The third-order valence-electron chi connectivity index (χ3n) is 4.74. The van der Waals surface area contributed by atoms with Crippen molar-refractivity contribution in [1.29, 1.82) is 0 Å². The summed E-state index contributed by atoms with van der Waals surface area (Å²) in [6, 6.07) is 13.4. The van der Waals surface area contributed by atoms with E-state index < -0.39 is 0 Å². The quantitative estimate of drug-likeness (QED) is 0.591. The Balaban J connectivity index is 1.58. The number of aryl methyl sites for hydroxylation is 1. The van der Waals surface area contributed by atoms with Gasteiger partial charge in [-0.2, -0.15) is 0 Å². The van der Waals surface area contributed by atoms with Gasteiger partial charge in [0.25, 0.3) is 0 Å². The van der Waals surface area contributed by atoms with Crippen LogP contribution in [0.4, 0.5) is 0 Å². The molecule has 1 aromatic heterocycles. The third kappa shape index (κ3) is 5.31. The predicted octanol–water partition coefficient (Wildman–Crippen LogP) is 3.34. The second-order valence-electron chi connectivity index (χ2n) is 6.65. The number of aliphatic imine (C=N–C) groups is 1. The molecule has 1 aliphatic heterocycles. The van der Waals surface area contributed by atoms with E-state index in [-0.39, 0.29) is 0 Å². The summed E-state index contributed by atoms with van der Waals surface area (Å²) in [5.41, 5.74) is 8.72. The first-order valence-corrected chi connectivity index (χ1v) is 9.97. The molecule has 2 heterocycles. The minimum atomic E-state index is 0.320. The summed E-state index contributed by atoms with van der Waals surface area (Å²) in [6.45, 7) is 5.97. The van der Waals surface area contributed by atoms with Gasteiger partial charge in [0.2, 0.25) is 0 Å². The first kappa shape index (κ1) is 18.0. The van der Waals surface area contributed by atoms with Crippen molar-refractivity contribution < 1.29 is 0 Å². The second-order valence-corrected chi connectivity index (χ2v) is 7.68. The molecule has 0 amide bonds. The van der Waals surface area contributed by atoms with E-state index in [2.05, 4.69) is 63.9 Å². The van der Waals surface area contributed by atoms with Crippen LogP contribution in [0.15, 0.2) is 46.8 Å². The lowest BCUT2D eigenvalue weighted by Gasteiger charge is -2.26. The molecule has 0 aliphatic carbocycles. The summed E-state index contributed by atoms with van der Waals surface area (Å²) in [4.78, 5) is 8.54. The Labute approximate surface area is 154 Å². The summed E-state index contributed by atoms with van der Waals surface area (Å²) < 4.78 is 0. The minimum Gasteiger partial charge on any atom is -0.370 e. The van der Waals surface area contributed by atoms with Gasteiger partial charge in [0.15, 0.2) is 5.96 Å². The molecule has 0 bridgehead atoms. The third-order valence-corrected chi connectivity index (χ3v) is 5.67. The number of hydrogen-bond donors (Lipinski definition) is 2. The van der Waals surface area contributed by atoms with E-state index in [1.807, 2.05) is 0 Å². The zero-order valence-electron chi connectivity index (χ0n) is 14.9. The number of thiophene rings is 1. The number of hydrogen-bond acceptors (Lipinski definition) is 3. The van der Waals surface area contributed by atoms with Crippen molar-refractivity contribution in [2.75, 3.05) is 26.2 Å². The normalized spacial score (nSPS) is 16.9. The number of likely N-dealkylation sites (tertiary alicyclic amines) is 1. The van der Waals surface area contributed by atoms with Gasteiger partial charge < -0.3 is 11.1 Å². The highest BCUT2D eigenvalue weighted by Gasteiger charge is 2.23. The Hall–Kier alpha value is -1.85. The number of nitrogens with zero attached hydrogens (tertiary/aromatic N) is 2. The first-order chi connectivity index (χ1) is 12.2. The molecule has 3 rings (SSSR count). The van der Waals surface area contributed by atoms with Gasteiger partial charge in [-0.15, -0.1) is 11.3 Å². The number of benzene rings is 1. The molecule has 1 aromatic carbocycles. The number of nitrogens with one attached hydrogen (secondary N) is 1. The van der Waals surface area contributed by atoms with Gasteiger partial charge in [-0.3, -0.25) is 9.89 Å². The highest BCUT2D eigenvalue weighted by atomic mass is 32.1. The predicted molar refractivity (Wildman–Crippen MR) is 107 cm³/mol. The average Bonchev–Trinajstić information content (AvgIpc) is 3.30. The Bertz CT molecular complexity index is 658. The van der Waals surface area contributed by atoms with E-state index in [4.69, 9.17) is 5.73 Å². The molecule has 0 radical (unpaired) electrons. The van der Waals surface area contributed by atoms with Gasteiger partial charge in [-0.25, -0.2) is 0 Å². The topological polar surface area (TPSA) is 53.6 Å². The van der Waals surface area contributed by atoms with E-state index in [9.17, 15) is 0 Å². The van der Waals surface area contributed by atoms with Crippen molar-refractivity contribution in [3.05, 3.63) is 57.8 Å². The largest absolute Gasteiger partial charge is 0.370 e. The van der Waals surface area contributed by atoms with E-state index in [0.717, 1.165) is 26.1 Å². The zero-order valence-corrected chi connectivity index (χ0v) is 15.8. The maximum Gasteiger partial charge on any atom is 0.188 e. The van der Waals surface area contributed by atoms with Crippen molar-refractivity contribution in [1.82, 2.24) is 10.2 Å². The van der Waals surface area contributed by atoms with Crippen LogP contribution in [-0.4, -0.2) is 37.0 Å². The number of rotatable bonds is 7. The molecule has 2 aromatic rings. The monoisotopic (exact) mass is 356 g/mol. The molecule has 25 heavy (non-hydrogen) atoms. The van der Waals surface area contributed by atoms with E-state index in [1.165, 1.54) is 28.8 Å². The number of nitrogens with two attached hydrogens (primary N) is 1. The zero-order chi connectivity index (χ0) is 17.5. The van der Waals surface area contributed by atoms with Crippen molar-refractivity contribution in [3.8, 4) is 0 Å². The molecule has 1 fully saturated rings. The van der Waals surface area contributed by atoms with Crippen LogP contribution in [0.25, 0.3) is 0 Å². The van der Waals surface area contributed by atoms with Gasteiger partial charge in [0, 0.05) is 11.4 Å². The molecule has 5 heteroatoms. The van der Waals surface area contributed by atoms with Crippen molar-refractivity contribution in [2.24, 2.45) is 10.7 Å². The van der Waals surface area contributed by atoms with Gasteiger partial charge in [0.1, 0.15) is 0 Å². The lowest BCUT2D eigenvalue weighted by Crippen LogP contribution is -2.35. The molecule has 1 unspecified atom stereocenters. The molecule has 0 saturated carbocycles. The van der Waals surface area contributed by atoms with Crippen LogP contribution in [0, 0.1) is 6.92 Å². The average molecular weight is 357 g/mol. The Morgan fingerprint density at radius 3 is 2.68 bits per heavy atom. The standard InChI is InChI=1S/C20H28N4S/c1-16-6-8-17(9-7-16)19(24-12-2-3-13-24)15-23-20(21)22-11-10-18-5-4-14-25-18/h4-9,14,19H,2-3,10-13,15H2,1H3,(H3,21,22,23). The maximum absolute atomic E-state index is 6.09. The van der Waals surface area contributed by atoms with E-state index >= 15 is 0 Å². The van der Waals surface area contributed by atoms with Crippen LogP contribution >= 0.6 is 11.3 Å². The molecular weight excluding hydrogens is 328 g/mol. The summed E-state index contributed by atoms with van der Waals surface area (Å²) in [6.07, 6.45) is 3.54. The molecule has 0 spiro atoms. The fraction of sp³-hybridized carbons (Fsp3) is 0.450. The lowest BCUT2D eigenvalue weighted by molar-refractivity contribution is 0.251. The molecular formula is C20H28N4S. The van der Waals surface area contributed by atoms with Crippen LogP contribution in [0.5, 0.6) is 0 Å². The molecule has 4 nitrogen and oxygen atoms in total. The molecule has 1 atom stereocenters. The van der Waals surface area contributed by atoms with Gasteiger partial charge in [-0.05, 0) is 56.3 Å². The SMILES string of the molecule is Cc1ccc(C(CN=C(N)NCCc2cccs2)N2CCCC2)cc1. The van der Waals surface area contributed by atoms with E-state index in [1.54, 1.807) is 11.3 Å². The van der Waals surface area contributed by atoms with Gasteiger partial charge in [-0.1, -0.05) is 35.9 Å². The van der Waals surface area contributed by atoms with Gasteiger partial charge in [0.05, 0.1) is 12.6 Å². The van der Waals surface area contributed by atoms with Crippen molar-refractivity contribution >= 4 is 17.3 Å².